The zero-order valence-electron chi connectivity index (χ0n) is 14.9. The van der Waals surface area contributed by atoms with E-state index >= 15 is 0 Å². The Morgan fingerprint density at radius 3 is 2.67 bits per heavy atom. The van der Waals surface area contributed by atoms with Crippen LogP contribution in [0.4, 0.5) is 17.5 Å². The summed E-state index contributed by atoms with van der Waals surface area (Å²) in [6.45, 7) is 5.31. The van der Waals surface area contributed by atoms with Gasteiger partial charge in [0.05, 0.1) is 43.1 Å². The van der Waals surface area contributed by atoms with Crippen LogP contribution in [0.25, 0.3) is 11.4 Å². The van der Waals surface area contributed by atoms with Crippen LogP contribution in [-0.4, -0.2) is 67.1 Å². The Labute approximate surface area is 162 Å². The van der Waals surface area contributed by atoms with Crippen molar-refractivity contribution in [2.45, 2.75) is 12.5 Å². The average molecular weight is 389 g/mol. The largest absolute Gasteiger partial charge is 0.384 e. The van der Waals surface area contributed by atoms with Crippen molar-refractivity contribution in [2.75, 3.05) is 61.6 Å². The Morgan fingerprint density at radius 2 is 1.85 bits per heavy atom. The van der Waals surface area contributed by atoms with Gasteiger partial charge in [-0.05, 0) is 6.07 Å². The molecule has 2 aromatic heterocycles. The van der Waals surface area contributed by atoms with Crippen LogP contribution < -0.4 is 15.5 Å². The minimum atomic E-state index is 0.318. The van der Waals surface area contributed by atoms with Gasteiger partial charge in [-0.1, -0.05) is 11.6 Å². The number of fused-ring (bicyclic) bond motifs is 3. The number of nitrogen functional groups attached to an aromatic ring is 1. The first-order valence-electron chi connectivity index (χ1n) is 9.20. The van der Waals surface area contributed by atoms with Gasteiger partial charge in [0, 0.05) is 37.8 Å². The highest BCUT2D eigenvalue weighted by molar-refractivity contribution is 6.33. The van der Waals surface area contributed by atoms with Crippen LogP contribution in [0.3, 0.4) is 0 Å². The number of hydrogen-bond donors (Lipinski definition) is 1. The molecule has 0 radical (unpaired) electrons. The summed E-state index contributed by atoms with van der Waals surface area (Å²) in [5, 5.41) is 0.506. The minimum Gasteiger partial charge on any atom is -0.384 e. The number of pyridine rings is 1. The van der Waals surface area contributed by atoms with Gasteiger partial charge >= 0.3 is 0 Å². The molecule has 0 saturated carbocycles. The van der Waals surface area contributed by atoms with Gasteiger partial charge in [-0.3, -0.25) is 0 Å². The molecule has 2 saturated heterocycles. The standard InChI is InChI=1S/C18H21ClN6O2/c19-14-8-15(20)21-9-13(14)16-22-17(24-1-4-26-5-2-24)12-7-11-10-27-6-3-25(11)18(12)23-16/h8-9,11H,1-7,10H2,(H2,20,21). The SMILES string of the molecule is Nc1cc(Cl)c(-c2nc(N3CCOCC3)c3c(n2)N2CCOCC2C3)cn1. The highest BCUT2D eigenvalue weighted by atomic mass is 35.5. The number of anilines is 3. The van der Waals surface area contributed by atoms with E-state index in [0.29, 0.717) is 48.1 Å². The first-order valence-corrected chi connectivity index (χ1v) is 9.58. The van der Waals surface area contributed by atoms with E-state index in [1.165, 1.54) is 5.56 Å². The van der Waals surface area contributed by atoms with Crippen LogP contribution in [-0.2, 0) is 15.9 Å². The van der Waals surface area contributed by atoms with E-state index in [0.717, 1.165) is 44.3 Å². The van der Waals surface area contributed by atoms with Gasteiger partial charge in [-0.15, -0.1) is 0 Å². The zero-order chi connectivity index (χ0) is 18.4. The van der Waals surface area contributed by atoms with E-state index in [-0.39, 0.29) is 0 Å². The van der Waals surface area contributed by atoms with Crippen LogP contribution in [0.1, 0.15) is 5.56 Å². The second kappa shape index (κ2) is 6.78. The summed E-state index contributed by atoms with van der Waals surface area (Å²) >= 11 is 6.42. The summed E-state index contributed by atoms with van der Waals surface area (Å²) in [6.07, 6.45) is 2.55. The lowest BCUT2D eigenvalue weighted by Gasteiger charge is -2.31. The first kappa shape index (κ1) is 17.0. The summed E-state index contributed by atoms with van der Waals surface area (Å²) in [7, 11) is 0. The van der Waals surface area contributed by atoms with Gasteiger partial charge in [0.25, 0.3) is 0 Å². The topological polar surface area (TPSA) is 89.6 Å². The lowest BCUT2D eigenvalue weighted by Crippen LogP contribution is -2.43. The Kier molecular flexibility index (Phi) is 4.26. The van der Waals surface area contributed by atoms with E-state index in [9.17, 15) is 0 Å². The lowest BCUT2D eigenvalue weighted by atomic mass is 10.1. The molecular weight excluding hydrogens is 368 g/mol. The lowest BCUT2D eigenvalue weighted by molar-refractivity contribution is 0.0973. The molecule has 9 heteroatoms. The first-order chi connectivity index (χ1) is 13.2. The number of halogens is 1. The third kappa shape index (κ3) is 2.97. The van der Waals surface area contributed by atoms with E-state index in [4.69, 9.17) is 36.8 Å². The molecule has 0 bridgehead atoms. The third-order valence-electron chi connectivity index (χ3n) is 5.33. The van der Waals surface area contributed by atoms with E-state index in [1.54, 1.807) is 12.3 Å². The highest BCUT2D eigenvalue weighted by Gasteiger charge is 2.37. The number of rotatable bonds is 2. The second-order valence-corrected chi connectivity index (χ2v) is 7.39. The smallest absolute Gasteiger partial charge is 0.166 e. The molecule has 5 rings (SSSR count). The molecule has 2 fully saturated rings. The van der Waals surface area contributed by atoms with Crippen molar-refractivity contribution in [3.05, 3.63) is 22.8 Å². The second-order valence-electron chi connectivity index (χ2n) is 6.99. The maximum atomic E-state index is 6.42. The van der Waals surface area contributed by atoms with Crippen molar-refractivity contribution in [2.24, 2.45) is 0 Å². The van der Waals surface area contributed by atoms with Crippen molar-refractivity contribution in [3.63, 3.8) is 0 Å². The molecule has 27 heavy (non-hydrogen) atoms. The number of morpholine rings is 2. The third-order valence-corrected chi connectivity index (χ3v) is 5.64. The van der Waals surface area contributed by atoms with Crippen molar-refractivity contribution in [1.82, 2.24) is 15.0 Å². The molecule has 0 spiro atoms. The van der Waals surface area contributed by atoms with Crippen molar-refractivity contribution >= 4 is 29.1 Å². The molecule has 142 valence electrons. The van der Waals surface area contributed by atoms with E-state index in [2.05, 4.69) is 14.8 Å². The molecule has 1 atom stereocenters. The summed E-state index contributed by atoms with van der Waals surface area (Å²) < 4.78 is 11.2. The van der Waals surface area contributed by atoms with Crippen molar-refractivity contribution < 1.29 is 9.47 Å². The molecule has 0 aromatic carbocycles. The molecule has 5 heterocycles. The van der Waals surface area contributed by atoms with Gasteiger partial charge in [0.1, 0.15) is 17.5 Å². The van der Waals surface area contributed by atoms with E-state index in [1.807, 2.05) is 0 Å². The van der Waals surface area contributed by atoms with Crippen LogP contribution >= 0.6 is 11.6 Å². The molecule has 2 aromatic rings. The Bertz CT molecular complexity index is 873. The fraction of sp³-hybridized carbons (Fsp3) is 0.500. The monoisotopic (exact) mass is 388 g/mol. The van der Waals surface area contributed by atoms with Crippen molar-refractivity contribution in [3.8, 4) is 11.4 Å². The fourth-order valence-corrected chi connectivity index (χ4v) is 4.23. The Hall–Kier alpha value is -2.16. The molecule has 0 amide bonds. The van der Waals surface area contributed by atoms with Crippen LogP contribution in [0, 0.1) is 0 Å². The summed E-state index contributed by atoms with van der Waals surface area (Å²) in [5.41, 5.74) is 7.63. The number of nitrogens with two attached hydrogens (primary N) is 1. The molecule has 3 aliphatic heterocycles. The molecule has 8 nitrogen and oxygen atoms in total. The molecule has 0 aliphatic carbocycles. The van der Waals surface area contributed by atoms with Crippen LogP contribution in [0.15, 0.2) is 12.3 Å². The number of hydrogen-bond acceptors (Lipinski definition) is 8. The van der Waals surface area contributed by atoms with Gasteiger partial charge < -0.3 is 25.0 Å². The minimum absolute atomic E-state index is 0.318. The predicted octanol–water partition coefficient (Wildman–Crippen LogP) is 1.37. The normalized spacial score (nSPS) is 21.9. The van der Waals surface area contributed by atoms with Gasteiger partial charge in [-0.25, -0.2) is 15.0 Å². The Balaban J connectivity index is 1.64. The van der Waals surface area contributed by atoms with Crippen LogP contribution in [0.5, 0.6) is 0 Å². The maximum absolute atomic E-state index is 6.42. The molecule has 3 aliphatic rings. The Morgan fingerprint density at radius 1 is 1.07 bits per heavy atom. The number of ether oxygens (including phenoxy) is 2. The average Bonchev–Trinajstić information content (AvgIpc) is 3.07. The van der Waals surface area contributed by atoms with Crippen LogP contribution in [0.2, 0.25) is 5.02 Å². The van der Waals surface area contributed by atoms with Crippen molar-refractivity contribution in [1.29, 1.82) is 0 Å². The quantitative estimate of drug-likeness (QED) is 0.825. The zero-order valence-corrected chi connectivity index (χ0v) is 15.7. The summed E-state index contributed by atoms with van der Waals surface area (Å²) in [4.78, 5) is 18.6. The molecular formula is C18H21ClN6O2. The fourth-order valence-electron chi connectivity index (χ4n) is 3.99. The van der Waals surface area contributed by atoms with E-state index < -0.39 is 0 Å². The maximum Gasteiger partial charge on any atom is 0.166 e. The molecule has 1 unspecified atom stereocenters. The highest BCUT2D eigenvalue weighted by Crippen LogP contribution is 2.40. The molecule has 2 N–H and O–H groups in total. The number of nitrogens with zero attached hydrogens (tertiary/aromatic N) is 5. The summed E-state index contributed by atoms with van der Waals surface area (Å²) in [5.74, 6) is 2.93. The predicted molar refractivity (Wildman–Crippen MR) is 103 cm³/mol. The van der Waals surface area contributed by atoms with Gasteiger partial charge in [-0.2, -0.15) is 0 Å². The van der Waals surface area contributed by atoms with Gasteiger partial charge in [0.15, 0.2) is 5.82 Å². The van der Waals surface area contributed by atoms with Gasteiger partial charge in [0.2, 0.25) is 0 Å². The summed E-state index contributed by atoms with van der Waals surface area (Å²) in [6, 6.07) is 1.96. The number of aromatic nitrogens is 3.